The first kappa shape index (κ1) is 28.3. The van der Waals surface area contributed by atoms with E-state index in [1.165, 1.54) is 19.2 Å². The van der Waals surface area contributed by atoms with Crippen LogP contribution in [0.4, 0.5) is 4.79 Å². The minimum absolute atomic E-state index is 0.0233. The molecule has 35 heavy (non-hydrogen) atoms. The van der Waals surface area contributed by atoms with Crippen LogP contribution in [0.5, 0.6) is 0 Å². The highest BCUT2D eigenvalue weighted by atomic mass is 32.2. The van der Waals surface area contributed by atoms with Gasteiger partial charge in [-0.1, -0.05) is 48.0 Å². The molecule has 0 bridgehead atoms. The number of carbonyl (C=O) groups excluding carboxylic acids is 1. The SMILES string of the molecule is C=C(OC(=S)[C@H](COC(C)(C)C)NC(=O)OCc1ccccc1)N(C)S(=O)(=O)c1ccc(C)cc1. The molecule has 2 rings (SSSR count). The maximum atomic E-state index is 12.9. The molecule has 1 atom stereocenters. The number of amides is 1. The molecule has 1 amide bonds. The summed E-state index contributed by atoms with van der Waals surface area (Å²) in [4.78, 5) is 12.5. The first-order valence-electron chi connectivity index (χ1n) is 10.9. The van der Waals surface area contributed by atoms with Crippen LogP contribution in [0, 0.1) is 6.92 Å². The fourth-order valence-corrected chi connectivity index (χ4v) is 3.99. The molecule has 0 aliphatic carbocycles. The minimum Gasteiger partial charge on any atom is -0.445 e. The number of thiocarbonyl (C=S) groups is 1. The Morgan fingerprint density at radius 3 is 2.29 bits per heavy atom. The first-order valence-corrected chi connectivity index (χ1v) is 12.7. The third kappa shape index (κ3) is 8.97. The Labute approximate surface area is 212 Å². The number of alkyl carbamates (subject to hydrolysis) is 1. The van der Waals surface area contributed by atoms with Crippen molar-refractivity contribution < 1.29 is 27.4 Å². The van der Waals surface area contributed by atoms with Crippen molar-refractivity contribution in [1.82, 2.24) is 9.62 Å². The molecule has 1 N–H and O–H groups in total. The number of hydrogen-bond acceptors (Lipinski definition) is 7. The number of hydrogen-bond donors (Lipinski definition) is 1. The number of nitrogens with zero attached hydrogens (tertiary/aromatic N) is 1. The van der Waals surface area contributed by atoms with E-state index in [0.717, 1.165) is 15.4 Å². The van der Waals surface area contributed by atoms with E-state index in [9.17, 15) is 13.2 Å². The summed E-state index contributed by atoms with van der Waals surface area (Å²) >= 11 is 5.36. The molecule has 0 aliphatic rings. The number of aryl methyl sites for hydroxylation is 1. The molecular weight excluding hydrogens is 488 g/mol. The van der Waals surface area contributed by atoms with Crippen LogP contribution in [0.15, 0.2) is 72.0 Å². The highest BCUT2D eigenvalue weighted by molar-refractivity contribution is 7.89. The Kier molecular flexibility index (Phi) is 9.82. The molecule has 190 valence electrons. The number of nitrogens with one attached hydrogen (secondary N) is 1. The summed E-state index contributed by atoms with van der Waals surface area (Å²) < 4.78 is 43.3. The van der Waals surface area contributed by atoms with Gasteiger partial charge in [0, 0.05) is 7.05 Å². The van der Waals surface area contributed by atoms with Gasteiger partial charge in [-0.2, -0.15) is 0 Å². The summed E-state index contributed by atoms with van der Waals surface area (Å²) in [6, 6.07) is 14.7. The lowest BCUT2D eigenvalue weighted by Gasteiger charge is -2.27. The number of benzene rings is 2. The van der Waals surface area contributed by atoms with Crippen LogP contribution in [0.3, 0.4) is 0 Å². The van der Waals surface area contributed by atoms with Crippen molar-refractivity contribution in [2.75, 3.05) is 13.7 Å². The summed E-state index contributed by atoms with van der Waals surface area (Å²) in [5.41, 5.74) is 1.22. The largest absolute Gasteiger partial charge is 0.445 e. The van der Waals surface area contributed by atoms with E-state index < -0.39 is 27.8 Å². The summed E-state index contributed by atoms with van der Waals surface area (Å²) in [6.07, 6.45) is -0.728. The zero-order chi connectivity index (χ0) is 26.2. The Morgan fingerprint density at radius 2 is 1.71 bits per heavy atom. The van der Waals surface area contributed by atoms with Gasteiger partial charge in [0.25, 0.3) is 10.0 Å². The molecular formula is C25H32N2O6S2. The highest BCUT2D eigenvalue weighted by Gasteiger charge is 2.28. The van der Waals surface area contributed by atoms with Gasteiger partial charge in [-0.3, -0.25) is 0 Å². The van der Waals surface area contributed by atoms with Crippen LogP contribution in [-0.2, 0) is 30.8 Å². The average Bonchev–Trinajstić information content (AvgIpc) is 2.80. The van der Waals surface area contributed by atoms with Crippen molar-refractivity contribution in [3.8, 4) is 0 Å². The van der Waals surface area contributed by atoms with Gasteiger partial charge in [-0.25, -0.2) is 17.5 Å². The molecule has 10 heteroatoms. The summed E-state index contributed by atoms with van der Waals surface area (Å²) in [6.45, 7) is 11.2. The van der Waals surface area contributed by atoms with Crippen LogP contribution in [0.25, 0.3) is 0 Å². The van der Waals surface area contributed by atoms with Gasteiger partial charge < -0.3 is 19.5 Å². The normalized spacial score (nSPS) is 12.4. The summed E-state index contributed by atoms with van der Waals surface area (Å²) in [5, 5.41) is 2.50. The molecule has 8 nitrogen and oxygen atoms in total. The predicted octanol–water partition coefficient (Wildman–Crippen LogP) is 4.54. The van der Waals surface area contributed by atoms with E-state index in [-0.39, 0.29) is 29.0 Å². The van der Waals surface area contributed by atoms with Crippen LogP contribution in [-0.4, -0.2) is 49.2 Å². The topological polar surface area (TPSA) is 94.2 Å². The second kappa shape index (κ2) is 12.1. The van der Waals surface area contributed by atoms with Crippen molar-refractivity contribution in [3.63, 3.8) is 0 Å². The third-order valence-electron chi connectivity index (χ3n) is 4.72. The molecule has 2 aromatic rings. The fraction of sp³-hybridized carbons (Fsp3) is 0.360. The fourth-order valence-electron chi connectivity index (χ4n) is 2.66. The lowest BCUT2D eigenvalue weighted by atomic mass is 10.2. The van der Waals surface area contributed by atoms with Gasteiger partial charge in [0.05, 0.1) is 17.1 Å². The molecule has 0 aromatic heterocycles. The van der Waals surface area contributed by atoms with Gasteiger partial charge in [-0.15, -0.1) is 0 Å². The zero-order valence-corrected chi connectivity index (χ0v) is 22.2. The van der Waals surface area contributed by atoms with Crippen molar-refractivity contribution in [2.45, 2.75) is 50.8 Å². The second-order valence-electron chi connectivity index (χ2n) is 8.78. The quantitative estimate of drug-likeness (QED) is 0.363. The lowest BCUT2D eigenvalue weighted by molar-refractivity contribution is -0.00867. The van der Waals surface area contributed by atoms with Crippen molar-refractivity contribution in [1.29, 1.82) is 0 Å². The molecule has 0 aliphatic heterocycles. The van der Waals surface area contributed by atoms with E-state index in [0.29, 0.717) is 0 Å². The van der Waals surface area contributed by atoms with E-state index in [4.69, 9.17) is 26.4 Å². The first-order chi connectivity index (χ1) is 16.3. The predicted molar refractivity (Wildman–Crippen MR) is 138 cm³/mol. The van der Waals surface area contributed by atoms with Crippen LogP contribution < -0.4 is 5.32 Å². The zero-order valence-electron chi connectivity index (χ0n) is 20.6. The Hall–Kier alpha value is -2.95. The highest BCUT2D eigenvalue weighted by Crippen LogP contribution is 2.20. The summed E-state index contributed by atoms with van der Waals surface area (Å²) in [7, 11) is -2.61. The number of rotatable bonds is 10. The Morgan fingerprint density at radius 1 is 1.11 bits per heavy atom. The number of carbonyl (C=O) groups is 1. The monoisotopic (exact) mass is 520 g/mol. The van der Waals surface area contributed by atoms with Crippen LogP contribution in [0.1, 0.15) is 31.9 Å². The maximum Gasteiger partial charge on any atom is 0.408 e. The van der Waals surface area contributed by atoms with Gasteiger partial charge in [0.15, 0.2) is 5.05 Å². The minimum atomic E-state index is -3.92. The van der Waals surface area contributed by atoms with Crippen molar-refractivity contribution in [3.05, 3.63) is 78.2 Å². The number of ether oxygens (including phenoxy) is 3. The van der Waals surface area contributed by atoms with E-state index in [1.54, 1.807) is 12.1 Å². The molecule has 0 radical (unpaired) electrons. The molecule has 0 saturated heterocycles. The van der Waals surface area contributed by atoms with E-state index >= 15 is 0 Å². The summed E-state index contributed by atoms with van der Waals surface area (Å²) in [5.74, 6) is -0.226. The molecule has 0 fully saturated rings. The number of sulfonamides is 1. The van der Waals surface area contributed by atoms with Crippen molar-refractivity contribution >= 4 is 33.4 Å². The van der Waals surface area contributed by atoms with Crippen LogP contribution in [0.2, 0.25) is 0 Å². The third-order valence-corrected chi connectivity index (χ3v) is 6.88. The smallest absolute Gasteiger partial charge is 0.408 e. The second-order valence-corrected chi connectivity index (χ2v) is 11.2. The standard InChI is InChI=1S/C25H32N2O6S2/c1-18-12-14-21(15-13-18)35(29,30)27(6)19(2)33-23(34)22(17-32-25(3,4)5)26-24(28)31-16-20-10-8-7-9-11-20/h7-15,22H,2,16-17H2,1,3-6H3,(H,26,28)/t22-/m0/s1. The van der Waals surface area contributed by atoms with E-state index in [2.05, 4.69) is 11.9 Å². The maximum absolute atomic E-state index is 12.9. The molecule has 2 aromatic carbocycles. The molecule has 0 unspecified atom stereocenters. The van der Waals surface area contributed by atoms with Gasteiger partial charge in [0.1, 0.15) is 12.6 Å². The molecule has 0 saturated carbocycles. The Balaban J connectivity index is 2.07. The average molecular weight is 521 g/mol. The molecule has 0 heterocycles. The van der Waals surface area contributed by atoms with Gasteiger partial charge >= 0.3 is 6.09 Å². The van der Waals surface area contributed by atoms with Gasteiger partial charge in [-0.05, 0) is 64.2 Å². The molecule has 0 spiro atoms. The Bertz CT molecular complexity index is 1130. The van der Waals surface area contributed by atoms with Crippen molar-refractivity contribution in [2.24, 2.45) is 0 Å². The van der Waals surface area contributed by atoms with Gasteiger partial charge in [0.2, 0.25) is 5.88 Å². The lowest BCUT2D eigenvalue weighted by Crippen LogP contribution is -2.46. The van der Waals surface area contributed by atoms with E-state index in [1.807, 2.05) is 58.0 Å². The van der Waals surface area contributed by atoms with Crippen LogP contribution >= 0.6 is 12.2 Å².